The van der Waals surface area contributed by atoms with Crippen molar-refractivity contribution in [2.75, 3.05) is 53.7 Å². The van der Waals surface area contributed by atoms with E-state index >= 15 is 0 Å². The molecule has 25 heavy (non-hydrogen) atoms. The molecule has 4 heterocycles. The first-order valence-corrected chi connectivity index (χ1v) is 8.47. The van der Waals surface area contributed by atoms with Crippen LogP contribution in [0.3, 0.4) is 0 Å². The Balaban J connectivity index is 0.00000182. The molecular weight excluding hydrogens is 344 g/mol. The molecule has 0 aliphatic carbocycles. The van der Waals surface area contributed by atoms with Crippen LogP contribution in [0.5, 0.6) is 5.75 Å². The standard InChI is InChI=1S/C17H25N4O3.ClH/c1-3-24-17(22)14-4-5-16(23-2)15(6-14)7-21-11-18-8-19(12-21)10-20(9-18)13-21;/h4-6H,3,7-13H2,1-2H3;1H/q+1;/p-1. The van der Waals surface area contributed by atoms with E-state index in [1.165, 1.54) is 0 Å². The summed E-state index contributed by atoms with van der Waals surface area (Å²) in [5.41, 5.74) is 1.68. The van der Waals surface area contributed by atoms with Gasteiger partial charge in [-0.3, -0.25) is 4.48 Å². The number of rotatable bonds is 5. The Hall–Kier alpha value is -1.38. The van der Waals surface area contributed by atoms with Gasteiger partial charge in [-0.1, -0.05) is 0 Å². The highest BCUT2D eigenvalue weighted by atomic mass is 35.5. The Bertz CT molecular complexity index is 619. The second-order valence-corrected chi connectivity index (χ2v) is 7.11. The number of benzene rings is 1. The molecule has 5 rings (SSSR count). The monoisotopic (exact) mass is 368 g/mol. The lowest BCUT2D eigenvalue weighted by atomic mass is 10.1. The zero-order valence-electron chi connectivity index (χ0n) is 14.8. The molecule has 1 aromatic rings. The average molecular weight is 369 g/mol. The predicted octanol–water partition coefficient (Wildman–Crippen LogP) is -2.12. The molecule has 4 bridgehead atoms. The van der Waals surface area contributed by atoms with Gasteiger partial charge < -0.3 is 21.9 Å². The van der Waals surface area contributed by atoms with Gasteiger partial charge in [-0.2, -0.15) is 0 Å². The molecule has 0 aromatic heterocycles. The largest absolute Gasteiger partial charge is 1.00 e. The fraction of sp³-hybridized carbons (Fsp3) is 0.588. The number of carbonyl (C=O) groups excluding carboxylic acids is 1. The molecule has 0 N–H and O–H groups in total. The quantitative estimate of drug-likeness (QED) is 0.438. The molecule has 4 fully saturated rings. The second kappa shape index (κ2) is 7.09. The molecule has 4 aliphatic rings. The van der Waals surface area contributed by atoms with E-state index in [-0.39, 0.29) is 18.4 Å². The summed E-state index contributed by atoms with van der Waals surface area (Å²) in [6.45, 7) is 9.44. The average Bonchev–Trinajstić information content (AvgIpc) is 2.53. The van der Waals surface area contributed by atoms with Crippen molar-refractivity contribution >= 4 is 5.97 Å². The van der Waals surface area contributed by atoms with Gasteiger partial charge in [0.05, 0.1) is 39.3 Å². The van der Waals surface area contributed by atoms with E-state index in [0.717, 1.165) is 62.4 Å². The zero-order chi connectivity index (χ0) is 16.7. The van der Waals surface area contributed by atoms with E-state index in [0.29, 0.717) is 12.2 Å². The van der Waals surface area contributed by atoms with Crippen LogP contribution in [-0.2, 0) is 11.3 Å². The summed E-state index contributed by atoms with van der Waals surface area (Å²) < 4.78 is 11.7. The summed E-state index contributed by atoms with van der Waals surface area (Å²) in [6, 6.07) is 5.60. The zero-order valence-corrected chi connectivity index (χ0v) is 15.5. The van der Waals surface area contributed by atoms with Crippen molar-refractivity contribution in [2.45, 2.75) is 13.5 Å². The highest BCUT2D eigenvalue weighted by Crippen LogP contribution is 2.33. The molecule has 0 unspecified atom stereocenters. The highest BCUT2D eigenvalue weighted by Gasteiger charge is 2.48. The van der Waals surface area contributed by atoms with E-state index in [1.807, 2.05) is 19.1 Å². The van der Waals surface area contributed by atoms with Crippen molar-refractivity contribution in [3.05, 3.63) is 29.3 Å². The first kappa shape index (κ1) is 18.4. The number of hydrogen-bond donors (Lipinski definition) is 0. The summed E-state index contributed by atoms with van der Waals surface area (Å²) in [6.07, 6.45) is 0. The first-order chi connectivity index (χ1) is 11.6. The molecule has 1 aromatic carbocycles. The summed E-state index contributed by atoms with van der Waals surface area (Å²) in [7, 11) is 1.69. The van der Waals surface area contributed by atoms with Crippen LogP contribution >= 0.6 is 0 Å². The lowest BCUT2D eigenvalue weighted by Gasteiger charge is -2.60. The Morgan fingerprint density at radius 1 is 1.12 bits per heavy atom. The van der Waals surface area contributed by atoms with Crippen molar-refractivity contribution in [1.82, 2.24) is 14.7 Å². The maximum atomic E-state index is 12.1. The van der Waals surface area contributed by atoms with Crippen LogP contribution in [-0.4, -0.2) is 78.9 Å². The van der Waals surface area contributed by atoms with E-state index in [2.05, 4.69) is 14.7 Å². The molecule has 0 radical (unpaired) electrons. The van der Waals surface area contributed by atoms with Gasteiger partial charge in [0.2, 0.25) is 0 Å². The Kier molecular flexibility index (Phi) is 5.22. The molecule has 138 valence electrons. The number of methoxy groups -OCH3 is 1. The predicted molar refractivity (Wildman–Crippen MR) is 87.6 cm³/mol. The fourth-order valence-corrected chi connectivity index (χ4v) is 4.41. The summed E-state index contributed by atoms with van der Waals surface area (Å²) in [5, 5.41) is 0. The first-order valence-electron chi connectivity index (χ1n) is 8.47. The summed E-state index contributed by atoms with van der Waals surface area (Å²) >= 11 is 0. The highest BCUT2D eigenvalue weighted by molar-refractivity contribution is 5.89. The van der Waals surface area contributed by atoms with Gasteiger partial charge in [0.15, 0.2) is 0 Å². The molecule has 0 atom stereocenters. The number of quaternary nitrogens is 1. The number of nitrogens with zero attached hydrogens (tertiary/aromatic N) is 4. The van der Waals surface area contributed by atoms with Crippen LogP contribution in [0.15, 0.2) is 18.2 Å². The van der Waals surface area contributed by atoms with Crippen molar-refractivity contribution in [2.24, 2.45) is 0 Å². The van der Waals surface area contributed by atoms with E-state index < -0.39 is 0 Å². The Labute approximate surface area is 154 Å². The summed E-state index contributed by atoms with van der Waals surface area (Å²) in [4.78, 5) is 19.5. The molecule has 4 saturated heterocycles. The van der Waals surface area contributed by atoms with Gasteiger partial charge >= 0.3 is 5.97 Å². The van der Waals surface area contributed by atoms with Gasteiger partial charge in [0.1, 0.15) is 32.3 Å². The smallest absolute Gasteiger partial charge is 0.338 e. The molecule has 4 aliphatic heterocycles. The maximum absolute atomic E-state index is 12.1. The minimum atomic E-state index is -0.268. The lowest BCUT2D eigenvalue weighted by Crippen LogP contribution is -3.00. The number of halogens is 1. The van der Waals surface area contributed by atoms with Crippen LogP contribution < -0.4 is 17.1 Å². The van der Waals surface area contributed by atoms with Crippen LogP contribution in [0.25, 0.3) is 0 Å². The van der Waals surface area contributed by atoms with E-state index in [4.69, 9.17) is 9.47 Å². The number of carbonyl (C=O) groups is 1. The number of ether oxygens (including phenoxy) is 2. The van der Waals surface area contributed by atoms with Gasteiger partial charge in [0.25, 0.3) is 0 Å². The molecule has 0 amide bonds. The third kappa shape index (κ3) is 3.47. The molecule has 8 heteroatoms. The summed E-state index contributed by atoms with van der Waals surface area (Å²) in [5.74, 6) is 0.576. The Morgan fingerprint density at radius 3 is 2.24 bits per heavy atom. The SMILES string of the molecule is CCOC(=O)c1ccc(OC)c(C[N+]23CN4CN(CN(C4)C2)C3)c1.[Cl-]. The minimum absolute atomic E-state index is 0. The minimum Gasteiger partial charge on any atom is -1.00 e. The van der Waals surface area contributed by atoms with Gasteiger partial charge in [-0.15, -0.1) is 0 Å². The van der Waals surface area contributed by atoms with Crippen LogP contribution in [0, 0.1) is 0 Å². The van der Waals surface area contributed by atoms with Crippen LogP contribution in [0.2, 0.25) is 0 Å². The topological polar surface area (TPSA) is 45.3 Å². The third-order valence-corrected chi connectivity index (χ3v) is 5.00. The van der Waals surface area contributed by atoms with Gasteiger partial charge in [-0.25, -0.2) is 19.5 Å². The number of esters is 1. The fourth-order valence-electron chi connectivity index (χ4n) is 4.41. The van der Waals surface area contributed by atoms with Crippen molar-refractivity contribution in [3.63, 3.8) is 0 Å². The Morgan fingerprint density at radius 2 is 1.72 bits per heavy atom. The van der Waals surface area contributed by atoms with Crippen molar-refractivity contribution in [3.8, 4) is 5.75 Å². The van der Waals surface area contributed by atoms with Crippen molar-refractivity contribution in [1.29, 1.82) is 0 Å². The molecular formula is C17H25ClN4O3. The molecule has 0 saturated carbocycles. The van der Waals surface area contributed by atoms with E-state index in [1.54, 1.807) is 13.2 Å². The van der Waals surface area contributed by atoms with Gasteiger partial charge in [-0.05, 0) is 25.1 Å². The van der Waals surface area contributed by atoms with Gasteiger partial charge in [0, 0.05) is 5.56 Å². The maximum Gasteiger partial charge on any atom is 0.338 e. The van der Waals surface area contributed by atoms with E-state index in [9.17, 15) is 4.79 Å². The molecule has 0 spiro atoms. The van der Waals surface area contributed by atoms with Crippen LogP contribution in [0.4, 0.5) is 0 Å². The lowest BCUT2D eigenvalue weighted by molar-refractivity contribution is -0.991. The van der Waals surface area contributed by atoms with Crippen molar-refractivity contribution < 1.29 is 31.2 Å². The molecule has 7 nitrogen and oxygen atoms in total. The number of hydrogen-bond acceptors (Lipinski definition) is 6. The van der Waals surface area contributed by atoms with Crippen LogP contribution in [0.1, 0.15) is 22.8 Å². The second-order valence-electron chi connectivity index (χ2n) is 7.11. The third-order valence-electron chi connectivity index (χ3n) is 5.00. The normalized spacial score (nSPS) is 32.2.